The average molecular weight is 408 g/mol. The molecule has 1 N–H and O–H groups in total. The first kappa shape index (κ1) is 17.9. The lowest BCUT2D eigenvalue weighted by Gasteiger charge is -2.32. The maximum Gasteiger partial charge on any atom is 0.320 e. The van der Waals surface area contributed by atoms with E-state index in [4.69, 9.17) is 4.74 Å². The Morgan fingerprint density at radius 1 is 1.32 bits per heavy atom. The minimum atomic E-state index is -0.841. The summed E-state index contributed by atoms with van der Waals surface area (Å²) < 4.78 is 20.2. The third kappa shape index (κ3) is 3.70. The van der Waals surface area contributed by atoms with E-state index in [0.29, 0.717) is 18.5 Å². The maximum atomic E-state index is 14.3. The fraction of sp³-hybridized carbons (Fsp3) is 0.316. The Balaban J connectivity index is 2.09. The van der Waals surface area contributed by atoms with Crippen LogP contribution in [0.25, 0.3) is 0 Å². The molecule has 1 fully saturated rings. The molecule has 0 bridgehead atoms. The number of hydrogen-bond acceptors (Lipinski definition) is 3. The van der Waals surface area contributed by atoms with Crippen molar-refractivity contribution in [2.75, 3.05) is 13.7 Å². The van der Waals surface area contributed by atoms with Gasteiger partial charge in [0.15, 0.2) is 11.6 Å². The molecule has 2 atom stereocenters. The first-order valence-electron chi connectivity index (χ1n) is 8.08. The Bertz CT molecular complexity index is 783. The predicted molar refractivity (Wildman–Crippen MR) is 96.3 cm³/mol. The predicted octanol–water partition coefficient (Wildman–Crippen LogP) is 4.24. The summed E-state index contributed by atoms with van der Waals surface area (Å²) in [6, 6.07) is 11.6. The van der Waals surface area contributed by atoms with E-state index in [1.807, 2.05) is 29.2 Å². The molecular weight excluding hydrogens is 389 g/mol. The number of halogens is 2. The van der Waals surface area contributed by atoms with E-state index >= 15 is 0 Å². The summed E-state index contributed by atoms with van der Waals surface area (Å²) in [5.74, 6) is -1.12. The summed E-state index contributed by atoms with van der Waals surface area (Å²) in [5.41, 5.74) is 1.64. The van der Waals surface area contributed by atoms with Crippen molar-refractivity contribution in [2.45, 2.75) is 24.9 Å². The molecular formula is C19H19BrFNO3. The van der Waals surface area contributed by atoms with E-state index in [2.05, 4.69) is 15.9 Å². The minimum absolute atomic E-state index is 0.174. The number of ether oxygens (including phenoxy) is 1. The molecule has 25 heavy (non-hydrogen) atoms. The molecule has 0 spiro atoms. The lowest BCUT2D eigenvalue weighted by Crippen LogP contribution is -2.39. The normalized spacial score (nSPS) is 18.9. The number of aliphatic carboxylic acids is 1. The fourth-order valence-electron chi connectivity index (χ4n) is 3.47. The third-order valence-electron chi connectivity index (χ3n) is 4.57. The van der Waals surface area contributed by atoms with Crippen LogP contribution < -0.4 is 4.74 Å². The van der Waals surface area contributed by atoms with Crippen LogP contribution >= 0.6 is 15.9 Å². The highest BCUT2D eigenvalue weighted by Crippen LogP contribution is 2.37. The van der Waals surface area contributed by atoms with Crippen molar-refractivity contribution in [3.05, 3.63) is 63.9 Å². The Hall–Kier alpha value is -1.92. The van der Waals surface area contributed by atoms with Crippen LogP contribution in [0.2, 0.25) is 0 Å². The molecule has 1 aliphatic rings. The van der Waals surface area contributed by atoms with Gasteiger partial charge < -0.3 is 9.84 Å². The first-order valence-corrected chi connectivity index (χ1v) is 8.88. The lowest BCUT2D eigenvalue weighted by molar-refractivity contribution is -0.142. The molecule has 1 aliphatic heterocycles. The van der Waals surface area contributed by atoms with Crippen molar-refractivity contribution in [1.82, 2.24) is 4.90 Å². The van der Waals surface area contributed by atoms with Gasteiger partial charge in [0, 0.05) is 11.0 Å². The number of hydrogen-bond donors (Lipinski definition) is 1. The number of carbonyl (C=O) groups is 1. The molecule has 2 unspecified atom stereocenters. The smallest absolute Gasteiger partial charge is 0.320 e. The lowest BCUT2D eigenvalue weighted by atomic mass is 9.96. The number of methoxy groups -OCH3 is 1. The van der Waals surface area contributed by atoms with Crippen molar-refractivity contribution in [3.8, 4) is 5.75 Å². The van der Waals surface area contributed by atoms with Gasteiger partial charge in [-0.2, -0.15) is 0 Å². The summed E-state index contributed by atoms with van der Waals surface area (Å²) in [6.45, 7) is 0.655. The SMILES string of the molecule is COc1ccc(C(c2cccc(Br)c2)N2CCCC2C(=O)O)cc1F. The van der Waals surface area contributed by atoms with Crippen molar-refractivity contribution >= 4 is 21.9 Å². The minimum Gasteiger partial charge on any atom is -0.494 e. The van der Waals surface area contributed by atoms with Crippen LogP contribution in [0.4, 0.5) is 4.39 Å². The zero-order valence-electron chi connectivity index (χ0n) is 13.8. The van der Waals surface area contributed by atoms with Gasteiger partial charge in [0.05, 0.1) is 13.2 Å². The van der Waals surface area contributed by atoms with Crippen molar-refractivity contribution in [2.24, 2.45) is 0 Å². The standard InChI is InChI=1S/C19H19BrFNO3/c1-25-17-8-7-13(11-15(17)21)18(12-4-2-5-14(20)10-12)22-9-3-6-16(22)19(23)24/h2,4-5,7-8,10-11,16,18H,3,6,9H2,1H3,(H,23,24). The molecule has 2 aromatic carbocycles. The number of likely N-dealkylation sites (tertiary alicyclic amines) is 1. The number of nitrogens with zero attached hydrogens (tertiary/aromatic N) is 1. The second-order valence-electron chi connectivity index (χ2n) is 6.09. The van der Waals surface area contributed by atoms with Gasteiger partial charge in [0.1, 0.15) is 6.04 Å². The van der Waals surface area contributed by atoms with Crippen LogP contribution in [0.15, 0.2) is 46.9 Å². The van der Waals surface area contributed by atoms with Crippen LogP contribution in [0.3, 0.4) is 0 Å². The van der Waals surface area contributed by atoms with E-state index < -0.39 is 17.8 Å². The zero-order chi connectivity index (χ0) is 18.0. The summed E-state index contributed by atoms with van der Waals surface area (Å²) in [6.07, 6.45) is 1.40. The molecule has 1 heterocycles. The summed E-state index contributed by atoms with van der Waals surface area (Å²) in [5, 5.41) is 9.57. The van der Waals surface area contributed by atoms with Gasteiger partial charge in [-0.15, -0.1) is 0 Å². The maximum absolute atomic E-state index is 14.3. The van der Waals surface area contributed by atoms with E-state index in [-0.39, 0.29) is 11.8 Å². The number of carboxylic acids is 1. The van der Waals surface area contributed by atoms with E-state index in [1.165, 1.54) is 13.2 Å². The van der Waals surface area contributed by atoms with Crippen LogP contribution in [0, 0.1) is 5.82 Å². The highest BCUT2D eigenvalue weighted by Gasteiger charge is 2.37. The number of benzene rings is 2. The van der Waals surface area contributed by atoms with Gasteiger partial charge >= 0.3 is 5.97 Å². The van der Waals surface area contributed by atoms with E-state index in [9.17, 15) is 14.3 Å². The second-order valence-corrected chi connectivity index (χ2v) is 7.00. The van der Waals surface area contributed by atoms with Gasteiger partial charge in [0.2, 0.25) is 0 Å². The molecule has 1 saturated heterocycles. The van der Waals surface area contributed by atoms with Gasteiger partial charge in [-0.1, -0.05) is 34.1 Å². The van der Waals surface area contributed by atoms with Crippen LogP contribution in [0.1, 0.15) is 30.0 Å². The van der Waals surface area contributed by atoms with Crippen LogP contribution in [-0.2, 0) is 4.79 Å². The Labute approximate surface area is 154 Å². The topological polar surface area (TPSA) is 49.8 Å². The second kappa shape index (κ2) is 7.54. The monoisotopic (exact) mass is 407 g/mol. The van der Waals surface area contributed by atoms with Gasteiger partial charge in [0.25, 0.3) is 0 Å². The largest absolute Gasteiger partial charge is 0.494 e. The Morgan fingerprint density at radius 3 is 2.72 bits per heavy atom. The fourth-order valence-corrected chi connectivity index (χ4v) is 3.88. The quantitative estimate of drug-likeness (QED) is 0.805. The van der Waals surface area contributed by atoms with Crippen molar-refractivity contribution in [3.63, 3.8) is 0 Å². The molecule has 132 valence electrons. The molecule has 2 aromatic rings. The highest BCUT2D eigenvalue weighted by atomic mass is 79.9. The summed E-state index contributed by atoms with van der Waals surface area (Å²) in [7, 11) is 1.42. The van der Waals surface area contributed by atoms with Crippen LogP contribution in [-0.4, -0.2) is 35.7 Å². The molecule has 0 radical (unpaired) electrons. The first-order chi connectivity index (χ1) is 12.0. The average Bonchev–Trinajstić information content (AvgIpc) is 3.05. The van der Waals surface area contributed by atoms with E-state index in [0.717, 1.165) is 16.5 Å². The van der Waals surface area contributed by atoms with Crippen molar-refractivity contribution < 1.29 is 19.0 Å². The van der Waals surface area contributed by atoms with Crippen molar-refractivity contribution in [1.29, 1.82) is 0 Å². The molecule has 3 rings (SSSR count). The van der Waals surface area contributed by atoms with Gasteiger partial charge in [-0.3, -0.25) is 9.69 Å². The molecule has 0 amide bonds. The third-order valence-corrected chi connectivity index (χ3v) is 5.06. The number of rotatable bonds is 5. The number of carboxylic acid groups (broad SMARTS) is 1. The molecule has 0 aliphatic carbocycles. The van der Waals surface area contributed by atoms with Gasteiger partial charge in [-0.25, -0.2) is 4.39 Å². The molecule has 4 nitrogen and oxygen atoms in total. The Kier molecular flexibility index (Phi) is 5.39. The molecule has 6 heteroatoms. The van der Waals surface area contributed by atoms with Gasteiger partial charge in [-0.05, 0) is 48.2 Å². The summed E-state index contributed by atoms with van der Waals surface area (Å²) >= 11 is 3.46. The highest BCUT2D eigenvalue weighted by molar-refractivity contribution is 9.10. The molecule has 0 saturated carbocycles. The summed E-state index contributed by atoms with van der Waals surface area (Å²) in [4.78, 5) is 13.6. The zero-order valence-corrected chi connectivity index (χ0v) is 15.4. The van der Waals surface area contributed by atoms with E-state index in [1.54, 1.807) is 12.1 Å². The molecule has 0 aromatic heterocycles. The van der Waals surface area contributed by atoms with Crippen LogP contribution in [0.5, 0.6) is 5.75 Å². The Morgan fingerprint density at radius 2 is 2.08 bits per heavy atom.